The van der Waals surface area contributed by atoms with Crippen LogP contribution in [0.1, 0.15) is 19.3 Å². The molecular formula is C6H8O2. The summed E-state index contributed by atoms with van der Waals surface area (Å²) in [5.74, 6) is 0.336. The summed E-state index contributed by atoms with van der Waals surface area (Å²) in [6, 6.07) is 0. The Morgan fingerprint density at radius 3 is 2.88 bits per heavy atom. The molecule has 0 aromatic rings. The number of fused-ring (bicyclic) bond motifs is 1. The number of esters is 1. The van der Waals surface area contributed by atoms with E-state index in [1.54, 1.807) is 0 Å². The molecule has 0 N–H and O–H groups in total. The maximum absolute atomic E-state index is 10.5. The van der Waals surface area contributed by atoms with Crippen LogP contribution in [-0.4, -0.2) is 12.1 Å². The van der Waals surface area contributed by atoms with Gasteiger partial charge in [0, 0.05) is 0 Å². The Balaban J connectivity index is 2.11. The monoisotopic (exact) mass is 112 g/mol. The molecule has 0 bridgehead atoms. The van der Waals surface area contributed by atoms with Crippen molar-refractivity contribution in [1.82, 2.24) is 0 Å². The van der Waals surface area contributed by atoms with Gasteiger partial charge >= 0.3 is 5.97 Å². The van der Waals surface area contributed by atoms with E-state index in [2.05, 4.69) is 0 Å². The Kier molecular flexibility index (Phi) is 0.678. The van der Waals surface area contributed by atoms with Crippen molar-refractivity contribution in [2.75, 3.05) is 0 Å². The fourth-order valence-corrected chi connectivity index (χ4v) is 1.50. The van der Waals surface area contributed by atoms with Crippen LogP contribution in [0.4, 0.5) is 0 Å². The van der Waals surface area contributed by atoms with Crippen molar-refractivity contribution in [2.45, 2.75) is 25.4 Å². The first kappa shape index (κ1) is 4.36. The summed E-state index contributed by atoms with van der Waals surface area (Å²) in [7, 11) is 0. The zero-order chi connectivity index (χ0) is 5.56. The van der Waals surface area contributed by atoms with Gasteiger partial charge in [-0.15, -0.1) is 0 Å². The molecule has 8 heavy (non-hydrogen) atoms. The Morgan fingerprint density at radius 1 is 1.50 bits per heavy atom. The number of hydrogen-bond acceptors (Lipinski definition) is 2. The maximum Gasteiger partial charge on any atom is 0.313 e. The van der Waals surface area contributed by atoms with Crippen LogP contribution in [0.15, 0.2) is 0 Å². The van der Waals surface area contributed by atoms with Crippen LogP contribution in [-0.2, 0) is 9.53 Å². The van der Waals surface area contributed by atoms with Gasteiger partial charge in [0.2, 0.25) is 0 Å². The van der Waals surface area contributed by atoms with Crippen molar-refractivity contribution < 1.29 is 9.53 Å². The normalized spacial score (nSPS) is 42.8. The van der Waals surface area contributed by atoms with Crippen LogP contribution in [0.25, 0.3) is 0 Å². The summed E-state index contributed by atoms with van der Waals surface area (Å²) in [4.78, 5) is 10.5. The first-order valence-corrected chi connectivity index (χ1v) is 3.08. The Hall–Kier alpha value is -0.530. The van der Waals surface area contributed by atoms with E-state index in [0.29, 0.717) is 12.0 Å². The highest BCUT2D eigenvalue weighted by Gasteiger charge is 2.45. The van der Waals surface area contributed by atoms with Crippen LogP contribution in [0.2, 0.25) is 0 Å². The second-order valence-electron chi connectivity index (χ2n) is 2.51. The molecule has 1 saturated carbocycles. The standard InChI is InChI=1S/C6H8O2/c7-6-4-2-1-3-5(4)8-6/h4-5H,1-3H2/t4-,5+/m1/s1. The van der Waals surface area contributed by atoms with Gasteiger partial charge in [-0.25, -0.2) is 0 Å². The fraction of sp³-hybridized carbons (Fsp3) is 0.833. The molecule has 1 heterocycles. The molecule has 2 aliphatic rings. The molecule has 1 aliphatic carbocycles. The predicted molar refractivity (Wildman–Crippen MR) is 27.2 cm³/mol. The SMILES string of the molecule is O=C1O[C@H]2CCC[C@@H]12. The first-order chi connectivity index (χ1) is 3.88. The van der Waals surface area contributed by atoms with Gasteiger partial charge in [-0.2, -0.15) is 0 Å². The van der Waals surface area contributed by atoms with E-state index >= 15 is 0 Å². The van der Waals surface area contributed by atoms with Gasteiger partial charge in [0.1, 0.15) is 6.10 Å². The Morgan fingerprint density at radius 2 is 2.38 bits per heavy atom. The van der Waals surface area contributed by atoms with E-state index in [4.69, 9.17) is 4.74 Å². The minimum absolute atomic E-state index is 0.0347. The second-order valence-corrected chi connectivity index (χ2v) is 2.51. The van der Waals surface area contributed by atoms with Crippen molar-refractivity contribution in [3.8, 4) is 0 Å². The van der Waals surface area contributed by atoms with E-state index in [9.17, 15) is 4.79 Å². The van der Waals surface area contributed by atoms with Crippen LogP contribution < -0.4 is 0 Å². The van der Waals surface area contributed by atoms with E-state index in [1.165, 1.54) is 6.42 Å². The number of ether oxygens (including phenoxy) is 1. The second kappa shape index (κ2) is 1.24. The molecule has 2 heteroatoms. The highest BCUT2D eigenvalue weighted by molar-refractivity contribution is 5.78. The summed E-state index contributed by atoms with van der Waals surface area (Å²) in [6.45, 7) is 0. The molecule has 1 aliphatic heterocycles. The van der Waals surface area contributed by atoms with Gasteiger partial charge in [-0.3, -0.25) is 4.79 Å². The summed E-state index contributed by atoms with van der Waals surface area (Å²) >= 11 is 0. The number of carbonyl (C=O) groups excluding carboxylic acids is 1. The van der Waals surface area contributed by atoms with Crippen molar-refractivity contribution >= 4 is 5.97 Å². The molecule has 0 spiro atoms. The lowest BCUT2D eigenvalue weighted by Crippen LogP contribution is -2.40. The van der Waals surface area contributed by atoms with E-state index < -0.39 is 0 Å². The molecule has 0 aromatic heterocycles. The number of carbonyl (C=O) groups is 1. The average Bonchev–Trinajstić information content (AvgIpc) is 2.09. The zero-order valence-electron chi connectivity index (χ0n) is 4.59. The Labute approximate surface area is 47.8 Å². The van der Waals surface area contributed by atoms with Gasteiger partial charge in [0.25, 0.3) is 0 Å². The van der Waals surface area contributed by atoms with E-state index in [0.717, 1.165) is 12.8 Å². The van der Waals surface area contributed by atoms with Crippen LogP contribution in [0.5, 0.6) is 0 Å². The molecule has 2 nitrogen and oxygen atoms in total. The number of rotatable bonds is 0. The molecule has 2 rings (SSSR count). The van der Waals surface area contributed by atoms with Crippen LogP contribution in [0, 0.1) is 5.92 Å². The van der Waals surface area contributed by atoms with Crippen molar-refractivity contribution in [3.05, 3.63) is 0 Å². The number of hydrogen-bond donors (Lipinski definition) is 0. The summed E-state index contributed by atoms with van der Waals surface area (Å²) in [5.41, 5.74) is 0. The topological polar surface area (TPSA) is 26.3 Å². The first-order valence-electron chi connectivity index (χ1n) is 3.08. The molecule has 44 valence electrons. The lowest BCUT2D eigenvalue weighted by molar-refractivity contribution is -0.179. The molecule has 1 saturated heterocycles. The molecule has 2 fully saturated rings. The van der Waals surface area contributed by atoms with Gasteiger partial charge in [0.15, 0.2) is 0 Å². The quantitative estimate of drug-likeness (QED) is 0.431. The van der Waals surface area contributed by atoms with E-state index in [-0.39, 0.29) is 5.97 Å². The van der Waals surface area contributed by atoms with Gasteiger partial charge in [-0.1, -0.05) is 0 Å². The fourth-order valence-electron chi connectivity index (χ4n) is 1.50. The van der Waals surface area contributed by atoms with Crippen LogP contribution >= 0.6 is 0 Å². The predicted octanol–water partition coefficient (Wildman–Crippen LogP) is 0.712. The van der Waals surface area contributed by atoms with E-state index in [1.807, 2.05) is 0 Å². The van der Waals surface area contributed by atoms with Crippen LogP contribution in [0.3, 0.4) is 0 Å². The minimum atomic E-state index is 0.0347. The van der Waals surface area contributed by atoms with Crippen molar-refractivity contribution in [3.63, 3.8) is 0 Å². The smallest absolute Gasteiger partial charge is 0.313 e. The van der Waals surface area contributed by atoms with Gasteiger partial charge < -0.3 is 4.74 Å². The molecule has 0 unspecified atom stereocenters. The molecule has 0 aromatic carbocycles. The zero-order valence-corrected chi connectivity index (χ0v) is 4.59. The summed E-state index contributed by atoms with van der Waals surface area (Å²) < 4.78 is 4.82. The third kappa shape index (κ3) is 0.358. The lowest BCUT2D eigenvalue weighted by Gasteiger charge is -2.28. The average molecular weight is 112 g/mol. The third-order valence-electron chi connectivity index (χ3n) is 2.02. The molecule has 0 amide bonds. The van der Waals surface area contributed by atoms with Gasteiger partial charge in [0.05, 0.1) is 5.92 Å². The van der Waals surface area contributed by atoms with Crippen molar-refractivity contribution in [2.24, 2.45) is 5.92 Å². The maximum atomic E-state index is 10.5. The van der Waals surface area contributed by atoms with Crippen molar-refractivity contribution in [1.29, 1.82) is 0 Å². The largest absolute Gasteiger partial charge is 0.461 e. The Bertz CT molecular complexity index is 130. The minimum Gasteiger partial charge on any atom is -0.461 e. The summed E-state index contributed by atoms with van der Waals surface area (Å²) in [6.07, 6.45) is 3.68. The summed E-state index contributed by atoms with van der Waals surface area (Å²) in [5, 5.41) is 0. The lowest BCUT2D eigenvalue weighted by atomic mass is 10.0. The highest BCUT2D eigenvalue weighted by Crippen LogP contribution is 2.36. The third-order valence-corrected chi connectivity index (χ3v) is 2.02. The molecular weight excluding hydrogens is 104 g/mol. The molecule has 2 atom stereocenters. The highest BCUT2D eigenvalue weighted by atomic mass is 16.6. The molecule has 0 radical (unpaired) electrons. The van der Waals surface area contributed by atoms with Gasteiger partial charge in [-0.05, 0) is 19.3 Å².